The van der Waals surface area contributed by atoms with Gasteiger partial charge in [0.15, 0.2) is 0 Å². The van der Waals surface area contributed by atoms with Gasteiger partial charge in [-0.2, -0.15) is 0 Å². The lowest BCUT2D eigenvalue weighted by Gasteiger charge is -2.35. The van der Waals surface area contributed by atoms with Gasteiger partial charge in [0.25, 0.3) is 0 Å². The molecule has 5 nitrogen and oxygen atoms in total. The SMILES string of the molecule is CC(C(=O)O)C(=O)N(CCO)C1CCCCC1. The normalized spacial score (nSPS) is 18.7. The lowest BCUT2D eigenvalue weighted by molar-refractivity contribution is -0.152. The summed E-state index contributed by atoms with van der Waals surface area (Å²) in [6, 6.07) is 0.102. The molecule has 1 atom stereocenters. The Morgan fingerprint density at radius 1 is 1.29 bits per heavy atom. The Morgan fingerprint density at radius 3 is 2.35 bits per heavy atom. The maximum Gasteiger partial charge on any atom is 0.315 e. The topological polar surface area (TPSA) is 77.8 Å². The first-order valence-corrected chi connectivity index (χ1v) is 6.22. The van der Waals surface area contributed by atoms with E-state index in [1.54, 1.807) is 4.90 Å². The molecule has 0 heterocycles. The fourth-order valence-electron chi connectivity index (χ4n) is 2.33. The summed E-state index contributed by atoms with van der Waals surface area (Å²) in [7, 11) is 0. The summed E-state index contributed by atoms with van der Waals surface area (Å²) in [5, 5.41) is 17.9. The number of aliphatic hydroxyl groups excluding tert-OH is 1. The van der Waals surface area contributed by atoms with Crippen molar-refractivity contribution in [3.05, 3.63) is 0 Å². The van der Waals surface area contributed by atoms with Crippen LogP contribution in [0.15, 0.2) is 0 Å². The van der Waals surface area contributed by atoms with Crippen molar-refractivity contribution in [2.24, 2.45) is 5.92 Å². The van der Waals surface area contributed by atoms with Gasteiger partial charge in [-0.3, -0.25) is 9.59 Å². The van der Waals surface area contributed by atoms with E-state index in [2.05, 4.69) is 0 Å². The fraction of sp³-hybridized carbons (Fsp3) is 0.833. The molecule has 1 unspecified atom stereocenters. The lowest BCUT2D eigenvalue weighted by Crippen LogP contribution is -2.46. The highest BCUT2D eigenvalue weighted by molar-refractivity contribution is 5.96. The van der Waals surface area contributed by atoms with Crippen molar-refractivity contribution in [2.75, 3.05) is 13.2 Å². The van der Waals surface area contributed by atoms with Crippen molar-refractivity contribution in [2.45, 2.75) is 45.1 Å². The molecule has 0 saturated heterocycles. The van der Waals surface area contributed by atoms with E-state index in [1.807, 2.05) is 0 Å². The summed E-state index contributed by atoms with van der Waals surface area (Å²) in [5.41, 5.74) is 0. The van der Waals surface area contributed by atoms with E-state index in [9.17, 15) is 9.59 Å². The summed E-state index contributed by atoms with van der Waals surface area (Å²) >= 11 is 0. The molecule has 1 aliphatic carbocycles. The van der Waals surface area contributed by atoms with Crippen LogP contribution in [0.4, 0.5) is 0 Å². The van der Waals surface area contributed by atoms with Crippen LogP contribution in [0.25, 0.3) is 0 Å². The van der Waals surface area contributed by atoms with Gasteiger partial charge in [-0.15, -0.1) is 0 Å². The average molecular weight is 243 g/mol. The first kappa shape index (κ1) is 14.0. The van der Waals surface area contributed by atoms with Crippen molar-refractivity contribution >= 4 is 11.9 Å². The Morgan fingerprint density at radius 2 is 1.88 bits per heavy atom. The fourth-order valence-corrected chi connectivity index (χ4v) is 2.33. The Bertz CT molecular complexity index is 274. The summed E-state index contributed by atoms with van der Waals surface area (Å²) in [5.74, 6) is -2.50. The third-order valence-electron chi connectivity index (χ3n) is 3.38. The smallest absolute Gasteiger partial charge is 0.315 e. The molecule has 0 spiro atoms. The molecule has 0 aromatic rings. The molecule has 0 bridgehead atoms. The zero-order chi connectivity index (χ0) is 12.8. The molecule has 1 rings (SSSR count). The second-order valence-electron chi connectivity index (χ2n) is 4.61. The van der Waals surface area contributed by atoms with Crippen molar-refractivity contribution in [1.29, 1.82) is 0 Å². The number of carbonyl (C=O) groups excluding carboxylic acids is 1. The van der Waals surface area contributed by atoms with Gasteiger partial charge in [0.05, 0.1) is 6.61 Å². The molecule has 0 aromatic carbocycles. The lowest BCUT2D eigenvalue weighted by atomic mass is 9.93. The van der Waals surface area contributed by atoms with Crippen molar-refractivity contribution in [3.8, 4) is 0 Å². The van der Waals surface area contributed by atoms with Gasteiger partial charge < -0.3 is 15.1 Å². The third-order valence-corrected chi connectivity index (χ3v) is 3.38. The molecule has 0 radical (unpaired) electrons. The predicted octanol–water partition coefficient (Wildman–Crippen LogP) is 0.861. The van der Waals surface area contributed by atoms with Gasteiger partial charge in [0.2, 0.25) is 5.91 Å². The summed E-state index contributed by atoms with van der Waals surface area (Å²) < 4.78 is 0. The second kappa shape index (κ2) is 6.59. The number of carboxylic acids is 1. The number of aliphatic hydroxyl groups is 1. The molecule has 0 aromatic heterocycles. The van der Waals surface area contributed by atoms with Crippen molar-refractivity contribution in [3.63, 3.8) is 0 Å². The maximum absolute atomic E-state index is 12.0. The quantitative estimate of drug-likeness (QED) is 0.702. The van der Waals surface area contributed by atoms with Gasteiger partial charge in [0, 0.05) is 12.6 Å². The number of nitrogens with zero attached hydrogens (tertiary/aromatic N) is 1. The van der Waals surface area contributed by atoms with Gasteiger partial charge in [-0.05, 0) is 19.8 Å². The minimum absolute atomic E-state index is 0.102. The number of hydrogen-bond donors (Lipinski definition) is 2. The first-order valence-electron chi connectivity index (χ1n) is 6.22. The summed E-state index contributed by atoms with van der Waals surface area (Å²) in [4.78, 5) is 24.4. The molecule has 1 fully saturated rings. The van der Waals surface area contributed by atoms with E-state index in [0.717, 1.165) is 25.7 Å². The van der Waals surface area contributed by atoms with Crippen LogP contribution in [0.3, 0.4) is 0 Å². The van der Waals surface area contributed by atoms with Crippen LogP contribution in [0, 0.1) is 5.92 Å². The van der Waals surface area contributed by atoms with Gasteiger partial charge in [0.1, 0.15) is 5.92 Å². The molecular formula is C12H21NO4. The van der Waals surface area contributed by atoms with Gasteiger partial charge in [-0.25, -0.2) is 0 Å². The molecule has 1 amide bonds. The molecule has 5 heteroatoms. The highest BCUT2D eigenvalue weighted by Gasteiger charge is 2.31. The maximum atomic E-state index is 12.0. The molecular weight excluding hydrogens is 222 g/mol. The van der Waals surface area contributed by atoms with Gasteiger partial charge in [-0.1, -0.05) is 19.3 Å². The zero-order valence-corrected chi connectivity index (χ0v) is 10.3. The molecule has 98 valence electrons. The molecule has 1 saturated carbocycles. The van der Waals surface area contributed by atoms with E-state index in [4.69, 9.17) is 10.2 Å². The highest BCUT2D eigenvalue weighted by Crippen LogP contribution is 2.23. The largest absolute Gasteiger partial charge is 0.481 e. The number of amides is 1. The van der Waals surface area contributed by atoms with Crippen LogP contribution in [0.5, 0.6) is 0 Å². The predicted molar refractivity (Wildman–Crippen MR) is 62.5 cm³/mol. The molecule has 2 N–H and O–H groups in total. The Labute approximate surface area is 101 Å². The van der Waals surface area contributed by atoms with E-state index in [-0.39, 0.29) is 25.1 Å². The Balaban J connectivity index is 2.69. The first-order chi connectivity index (χ1) is 8.07. The van der Waals surface area contributed by atoms with E-state index < -0.39 is 11.9 Å². The highest BCUT2D eigenvalue weighted by atomic mass is 16.4. The summed E-state index contributed by atoms with van der Waals surface area (Å²) in [6.45, 7) is 1.52. The van der Waals surface area contributed by atoms with E-state index in [1.165, 1.54) is 13.3 Å². The number of aliphatic carboxylic acids is 1. The minimum atomic E-state index is -1.10. The standard InChI is InChI=1S/C12H21NO4/c1-9(12(16)17)11(15)13(7-8-14)10-5-3-2-4-6-10/h9-10,14H,2-8H2,1H3,(H,16,17). The summed E-state index contributed by atoms with van der Waals surface area (Å²) in [6.07, 6.45) is 5.14. The number of carboxylic acid groups (broad SMARTS) is 1. The van der Waals surface area contributed by atoms with Crippen LogP contribution in [0.2, 0.25) is 0 Å². The van der Waals surface area contributed by atoms with E-state index >= 15 is 0 Å². The van der Waals surface area contributed by atoms with Crippen LogP contribution in [-0.4, -0.2) is 46.2 Å². The average Bonchev–Trinajstić information content (AvgIpc) is 2.35. The van der Waals surface area contributed by atoms with Crippen LogP contribution < -0.4 is 0 Å². The van der Waals surface area contributed by atoms with Crippen molar-refractivity contribution in [1.82, 2.24) is 4.90 Å². The monoisotopic (exact) mass is 243 g/mol. The van der Waals surface area contributed by atoms with Crippen LogP contribution in [0.1, 0.15) is 39.0 Å². The molecule has 0 aliphatic heterocycles. The number of rotatable bonds is 5. The third kappa shape index (κ3) is 3.70. The number of hydrogen-bond acceptors (Lipinski definition) is 3. The Kier molecular flexibility index (Phi) is 5.41. The van der Waals surface area contributed by atoms with E-state index in [0.29, 0.717) is 0 Å². The molecule has 1 aliphatic rings. The van der Waals surface area contributed by atoms with Gasteiger partial charge >= 0.3 is 5.97 Å². The molecule has 17 heavy (non-hydrogen) atoms. The van der Waals surface area contributed by atoms with Crippen molar-refractivity contribution < 1.29 is 19.8 Å². The van der Waals surface area contributed by atoms with Crippen LogP contribution in [-0.2, 0) is 9.59 Å². The number of carbonyl (C=O) groups is 2. The Hall–Kier alpha value is -1.10. The zero-order valence-electron chi connectivity index (χ0n) is 10.3. The minimum Gasteiger partial charge on any atom is -0.481 e. The second-order valence-corrected chi connectivity index (χ2v) is 4.61. The van der Waals surface area contributed by atoms with Crippen LogP contribution >= 0.6 is 0 Å².